The zero-order valence-electron chi connectivity index (χ0n) is 11.8. The molecule has 116 valence electrons. The molecule has 3 heterocycles. The number of rotatable bonds is 6. The van der Waals surface area contributed by atoms with Crippen molar-refractivity contribution < 1.29 is 12.8 Å². The molecule has 1 aliphatic rings. The van der Waals surface area contributed by atoms with Gasteiger partial charge in [0.05, 0.1) is 11.5 Å². The Labute approximate surface area is 127 Å². The van der Waals surface area contributed by atoms with E-state index in [1.807, 2.05) is 35.2 Å². The zero-order chi connectivity index (χ0) is 15.2. The Bertz CT molecular complexity index is 888. The SMILES string of the molecule is O=S(=O)(NCCn1ccn2nc(-c3ccco3)cc12)C1CC1. The number of sulfonamides is 1. The lowest BCUT2D eigenvalue weighted by atomic mass is 10.3. The molecule has 0 unspecified atom stereocenters. The molecule has 0 amide bonds. The molecule has 0 atom stereocenters. The summed E-state index contributed by atoms with van der Waals surface area (Å²) in [4.78, 5) is 0. The number of furan rings is 1. The van der Waals surface area contributed by atoms with Gasteiger partial charge in [-0.3, -0.25) is 0 Å². The van der Waals surface area contributed by atoms with E-state index in [0.717, 1.165) is 24.2 Å². The van der Waals surface area contributed by atoms with Gasteiger partial charge < -0.3 is 8.98 Å². The van der Waals surface area contributed by atoms with E-state index in [1.54, 1.807) is 10.8 Å². The van der Waals surface area contributed by atoms with Gasteiger partial charge in [0.2, 0.25) is 10.0 Å². The second-order valence-electron chi connectivity index (χ2n) is 5.44. The van der Waals surface area contributed by atoms with E-state index < -0.39 is 10.0 Å². The van der Waals surface area contributed by atoms with E-state index in [1.165, 1.54) is 0 Å². The highest BCUT2D eigenvalue weighted by molar-refractivity contribution is 7.90. The fraction of sp³-hybridized carbons (Fsp3) is 0.357. The Morgan fingerprint density at radius 1 is 1.36 bits per heavy atom. The van der Waals surface area contributed by atoms with Crippen molar-refractivity contribution in [3.05, 3.63) is 36.9 Å². The van der Waals surface area contributed by atoms with Crippen LogP contribution in [0.2, 0.25) is 0 Å². The standard InChI is InChI=1S/C14H16N4O3S/c19-22(20,11-3-4-11)15-5-6-17-7-8-18-14(17)10-12(16-18)13-2-1-9-21-13/h1-2,7-11,15H,3-6H2. The fourth-order valence-corrected chi connectivity index (χ4v) is 3.84. The largest absolute Gasteiger partial charge is 0.463 e. The minimum Gasteiger partial charge on any atom is -0.463 e. The second-order valence-corrected chi connectivity index (χ2v) is 7.49. The predicted octanol–water partition coefficient (Wildman–Crippen LogP) is 1.48. The van der Waals surface area contributed by atoms with Gasteiger partial charge in [-0.05, 0) is 25.0 Å². The first-order chi connectivity index (χ1) is 10.6. The third-order valence-electron chi connectivity index (χ3n) is 3.79. The van der Waals surface area contributed by atoms with Gasteiger partial charge in [-0.1, -0.05) is 0 Å². The minimum absolute atomic E-state index is 0.183. The summed E-state index contributed by atoms with van der Waals surface area (Å²) in [6, 6.07) is 5.60. The monoisotopic (exact) mass is 320 g/mol. The van der Waals surface area contributed by atoms with Gasteiger partial charge >= 0.3 is 0 Å². The maximum absolute atomic E-state index is 11.8. The molecular weight excluding hydrogens is 304 g/mol. The van der Waals surface area contributed by atoms with Crippen molar-refractivity contribution in [3.63, 3.8) is 0 Å². The van der Waals surface area contributed by atoms with E-state index >= 15 is 0 Å². The van der Waals surface area contributed by atoms with Crippen LogP contribution in [0.25, 0.3) is 17.1 Å². The highest BCUT2D eigenvalue weighted by Gasteiger charge is 2.35. The molecule has 1 aliphatic carbocycles. The molecule has 0 aliphatic heterocycles. The average molecular weight is 320 g/mol. The number of imidazole rings is 1. The van der Waals surface area contributed by atoms with E-state index in [-0.39, 0.29) is 5.25 Å². The molecule has 0 aromatic carbocycles. The van der Waals surface area contributed by atoms with Gasteiger partial charge in [0.15, 0.2) is 5.76 Å². The van der Waals surface area contributed by atoms with Crippen molar-refractivity contribution in [3.8, 4) is 11.5 Å². The van der Waals surface area contributed by atoms with Crippen molar-refractivity contribution in [1.82, 2.24) is 18.9 Å². The molecule has 4 rings (SSSR count). The van der Waals surface area contributed by atoms with Crippen LogP contribution in [0, 0.1) is 0 Å². The third-order valence-corrected chi connectivity index (χ3v) is 5.75. The molecule has 0 radical (unpaired) electrons. The maximum atomic E-state index is 11.8. The molecular formula is C14H16N4O3S. The number of nitrogens with one attached hydrogen (secondary N) is 1. The van der Waals surface area contributed by atoms with E-state index in [9.17, 15) is 8.42 Å². The van der Waals surface area contributed by atoms with Gasteiger partial charge in [-0.2, -0.15) is 5.10 Å². The second kappa shape index (κ2) is 4.99. The molecule has 1 fully saturated rings. The van der Waals surface area contributed by atoms with Crippen molar-refractivity contribution in [1.29, 1.82) is 0 Å². The van der Waals surface area contributed by atoms with Gasteiger partial charge in [0.1, 0.15) is 11.3 Å². The Kier molecular flexibility index (Phi) is 3.08. The molecule has 0 spiro atoms. The summed E-state index contributed by atoms with van der Waals surface area (Å²) in [5, 5.41) is 4.25. The molecule has 1 saturated carbocycles. The Morgan fingerprint density at radius 2 is 2.23 bits per heavy atom. The lowest BCUT2D eigenvalue weighted by Crippen LogP contribution is -2.30. The normalized spacial score (nSPS) is 15.6. The topological polar surface area (TPSA) is 81.5 Å². The molecule has 1 N–H and O–H groups in total. The van der Waals surface area contributed by atoms with Gasteiger partial charge in [0.25, 0.3) is 0 Å². The summed E-state index contributed by atoms with van der Waals surface area (Å²) < 4.78 is 35.3. The summed E-state index contributed by atoms with van der Waals surface area (Å²) >= 11 is 0. The first-order valence-corrected chi connectivity index (χ1v) is 8.75. The summed E-state index contributed by atoms with van der Waals surface area (Å²) in [5.41, 5.74) is 1.66. The Hall–Kier alpha value is -2.06. The molecule has 3 aromatic heterocycles. The first-order valence-electron chi connectivity index (χ1n) is 7.20. The molecule has 8 heteroatoms. The van der Waals surface area contributed by atoms with Gasteiger partial charge in [-0.15, -0.1) is 0 Å². The third kappa shape index (κ3) is 2.44. The number of nitrogens with zero attached hydrogens (tertiary/aromatic N) is 3. The fourth-order valence-electron chi connectivity index (χ4n) is 2.47. The molecule has 0 saturated heterocycles. The zero-order valence-corrected chi connectivity index (χ0v) is 12.7. The summed E-state index contributed by atoms with van der Waals surface area (Å²) in [6.07, 6.45) is 6.90. The number of hydrogen-bond donors (Lipinski definition) is 1. The van der Waals surface area contributed by atoms with Gasteiger partial charge in [-0.25, -0.2) is 17.7 Å². The van der Waals surface area contributed by atoms with Gasteiger partial charge in [0, 0.05) is 31.5 Å². The summed E-state index contributed by atoms with van der Waals surface area (Å²) in [7, 11) is -3.12. The lowest BCUT2D eigenvalue weighted by Gasteiger charge is -2.06. The van der Waals surface area contributed by atoms with Crippen LogP contribution in [0.3, 0.4) is 0 Å². The van der Waals surface area contributed by atoms with Crippen molar-refractivity contribution in [2.24, 2.45) is 0 Å². The van der Waals surface area contributed by atoms with Crippen LogP contribution >= 0.6 is 0 Å². The number of aromatic nitrogens is 3. The van der Waals surface area contributed by atoms with Crippen molar-refractivity contribution >= 4 is 15.7 Å². The van der Waals surface area contributed by atoms with Crippen LogP contribution in [-0.4, -0.2) is 34.4 Å². The summed E-state index contributed by atoms with van der Waals surface area (Å²) in [6.45, 7) is 0.941. The van der Waals surface area contributed by atoms with Crippen molar-refractivity contribution in [2.45, 2.75) is 24.6 Å². The first kappa shape index (κ1) is 13.6. The highest BCUT2D eigenvalue weighted by Crippen LogP contribution is 2.27. The maximum Gasteiger partial charge on any atom is 0.214 e. The quantitative estimate of drug-likeness (QED) is 0.746. The lowest BCUT2D eigenvalue weighted by molar-refractivity contribution is 0.573. The number of hydrogen-bond acceptors (Lipinski definition) is 4. The van der Waals surface area contributed by atoms with Crippen LogP contribution in [0.5, 0.6) is 0 Å². The van der Waals surface area contributed by atoms with Crippen molar-refractivity contribution in [2.75, 3.05) is 6.54 Å². The van der Waals surface area contributed by atoms with Crippen LogP contribution in [0.15, 0.2) is 41.3 Å². The smallest absolute Gasteiger partial charge is 0.214 e. The molecule has 3 aromatic rings. The average Bonchev–Trinajstić information content (AvgIpc) is 2.92. The molecule has 22 heavy (non-hydrogen) atoms. The predicted molar refractivity (Wildman–Crippen MR) is 80.8 cm³/mol. The van der Waals surface area contributed by atoms with Crippen LogP contribution in [0.4, 0.5) is 0 Å². The highest BCUT2D eigenvalue weighted by atomic mass is 32.2. The Balaban J connectivity index is 1.50. The molecule has 0 bridgehead atoms. The van der Waals surface area contributed by atoms with Crippen LogP contribution < -0.4 is 4.72 Å². The van der Waals surface area contributed by atoms with E-state index in [0.29, 0.717) is 18.8 Å². The number of fused-ring (bicyclic) bond motifs is 1. The van der Waals surface area contributed by atoms with Crippen LogP contribution in [0.1, 0.15) is 12.8 Å². The molecule has 7 nitrogen and oxygen atoms in total. The summed E-state index contributed by atoms with van der Waals surface area (Å²) in [5.74, 6) is 0.713. The van der Waals surface area contributed by atoms with E-state index in [2.05, 4.69) is 9.82 Å². The minimum atomic E-state index is -3.12. The Morgan fingerprint density at radius 3 is 2.95 bits per heavy atom. The van der Waals surface area contributed by atoms with E-state index in [4.69, 9.17) is 4.42 Å². The van der Waals surface area contributed by atoms with Crippen LogP contribution in [-0.2, 0) is 16.6 Å².